The number of piperazine rings is 1. The van der Waals surface area contributed by atoms with Gasteiger partial charge in [-0.2, -0.15) is 0 Å². The molecule has 1 heterocycles. The van der Waals surface area contributed by atoms with Gasteiger partial charge in [0.1, 0.15) is 23.0 Å². The first kappa shape index (κ1) is 25.0. The maximum atomic E-state index is 13.6. The summed E-state index contributed by atoms with van der Waals surface area (Å²) in [5.74, 6) is 1.45. The van der Waals surface area contributed by atoms with Crippen molar-refractivity contribution in [1.82, 2.24) is 4.90 Å². The summed E-state index contributed by atoms with van der Waals surface area (Å²) < 4.78 is 22.2. The van der Waals surface area contributed by atoms with Gasteiger partial charge < -0.3 is 28.7 Å². The van der Waals surface area contributed by atoms with Crippen molar-refractivity contribution in [2.45, 2.75) is 6.42 Å². The van der Waals surface area contributed by atoms with E-state index in [0.717, 1.165) is 12.1 Å². The summed E-state index contributed by atoms with van der Waals surface area (Å²) in [5, 5.41) is 0. The predicted molar refractivity (Wildman–Crippen MR) is 143 cm³/mol. The number of ether oxygens (including phenoxy) is 4. The van der Waals surface area contributed by atoms with Crippen molar-refractivity contribution in [1.29, 1.82) is 0 Å². The van der Waals surface area contributed by atoms with Crippen molar-refractivity contribution in [3.8, 4) is 23.0 Å². The molecular formula is C30H30N2O7. The normalized spacial score (nSPS) is 21.2. The van der Waals surface area contributed by atoms with Gasteiger partial charge in [-0.3, -0.25) is 14.4 Å². The zero-order valence-electron chi connectivity index (χ0n) is 22.2. The van der Waals surface area contributed by atoms with Crippen LogP contribution in [0.1, 0.15) is 27.1 Å². The number of nitrogens with zero attached hydrogens (tertiary/aromatic N) is 2. The van der Waals surface area contributed by atoms with Crippen molar-refractivity contribution in [2.24, 2.45) is 11.8 Å². The quantitative estimate of drug-likeness (QED) is 0.504. The van der Waals surface area contributed by atoms with E-state index in [0.29, 0.717) is 54.6 Å². The highest BCUT2D eigenvalue weighted by molar-refractivity contribution is 6.29. The van der Waals surface area contributed by atoms with Gasteiger partial charge in [-0.15, -0.1) is 0 Å². The highest BCUT2D eigenvalue weighted by Gasteiger charge is 2.47. The number of benzene rings is 2. The summed E-state index contributed by atoms with van der Waals surface area (Å²) >= 11 is 0. The van der Waals surface area contributed by atoms with Crippen LogP contribution in [-0.2, 0) is 4.79 Å². The summed E-state index contributed by atoms with van der Waals surface area (Å²) in [7, 11) is 4.73. The van der Waals surface area contributed by atoms with Crippen LogP contribution in [0.5, 0.6) is 23.0 Å². The molecule has 2 aromatic carbocycles. The van der Waals surface area contributed by atoms with Gasteiger partial charge in [-0.05, 0) is 24.6 Å². The minimum Gasteiger partial charge on any atom is -0.497 e. The van der Waals surface area contributed by atoms with Gasteiger partial charge in [0, 0.05) is 66.9 Å². The smallest absolute Gasteiger partial charge is 0.260 e. The number of fused-ring (bicyclic) bond motifs is 5. The second kappa shape index (κ2) is 9.80. The Morgan fingerprint density at radius 1 is 0.821 bits per heavy atom. The Bertz CT molecular complexity index is 1440. The summed E-state index contributed by atoms with van der Waals surface area (Å²) in [6, 6.07) is 8.86. The number of Topliss-reactive ketones (excluding diaryl/α,β-unsaturated/α-hetero) is 2. The Balaban J connectivity index is 1.16. The van der Waals surface area contributed by atoms with Crippen molar-refractivity contribution in [2.75, 3.05) is 59.0 Å². The number of hydrogen-bond donors (Lipinski definition) is 0. The summed E-state index contributed by atoms with van der Waals surface area (Å²) in [4.78, 5) is 44.0. The van der Waals surface area contributed by atoms with Crippen LogP contribution in [-0.4, -0.2) is 76.5 Å². The van der Waals surface area contributed by atoms with E-state index in [4.69, 9.17) is 18.9 Å². The first-order valence-corrected chi connectivity index (χ1v) is 13.0. The predicted octanol–water partition coefficient (Wildman–Crippen LogP) is 3.32. The first-order valence-electron chi connectivity index (χ1n) is 13.0. The molecule has 0 radical (unpaired) electrons. The van der Waals surface area contributed by atoms with Crippen LogP contribution in [0.2, 0.25) is 0 Å². The lowest BCUT2D eigenvalue weighted by Gasteiger charge is -2.36. The molecule has 0 spiro atoms. The number of amides is 1. The lowest BCUT2D eigenvalue weighted by Crippen LogP contribution is -2.50. The number of allylic oxidation sites excluding steroid dienone is 4. The maximum Gasteiger partial charge on any atom is 0.260 e. The van der Waals surface area contributed by atoms with Gasteiger partial charge in [-0.1, -0.05) is 12.2 Å². The molecule has 1 saturated heterocycles. The summed E-state index contributed by atoms with van der Waals surface area (Å²) in [5.41, 5.74) is 2.62. The number of methoxy groups -OCH3 is 3. The van der Waals surface area contributed by atoms with Gasteiger partial charge in [0.15, 0.2) is 18.2 Å². The third-order valence-electron chi connectivity index (χ3n) is 8.10. The van der Waals surface area contributed by atoms with Gasteiger partial charge in [0.25, 0.3) is 5.91 Å². The molecule has 0 N–H and O–H groups in total. The van der Waals surface area contributed by atoms with Crippen LogP contribution >= 0.6 is 0 Å². The number of anilines is 1. The van der Waals surface area contributed by atoms with E-state index >= 15 is 0 Å². The number of carbonyl (C=O) groups is 3. The van der Waals surface area contributed by atoms with E-state index in [1.807, 2.05) is 30.4 Å². The van der Waals surface area contributed by atoms with E-state index in [1.54, 1.807) is 31.3 Å². The molecule has 0 saturated carbocycles. The number of hydrogen-bond acceptors (Lipinski definition) is 8. The zero-order chi connectivity index (χ0) is 27.3. The SMILES string of the molecule is COc1ccc(N2CCN(C(=O)COc3cc(OC)cc4c3C(=O)C3=C(C4=O)C4C=CC3C4)CC2)c(OC)c1. The van der Waals surface area contributed by atoms with Crippen molar-refractivity contribution < 1.29 is 33.3 Å². The third-order valence-corrected chi connectivity index (χ3v) is 8.10. The number of carbonyl (C=O) groups excluding carboxylic acids is 3. The van der Waals surface area contributed by atoms with Gasteiger partial charge in [0.05, 0.1) is 32.6 Å². The molecular weight excluding hydrogens is 500 g/mol. The molecule has 202 valence electrons. The van der Waals surface area contributed by atoms with E-state index in [-0.39, 0.29) is 52.8 Å². The Morgan fingerprint density at radius 3 is 2.15 bits per heavy atom. The maximum absolute atomic E-state index is 13.6. The molecule has 39 heavy (non-hydrogen) atoms. The fourth-order valence-electron chi connectivity index (χ4n) is 6.10. The lowest BCUT2D eigenvalue weighted by molar-refractivity contribution is -0.133. The Labute approximate surface area is 226 Å². The molecule has 4 aliphatic rings. The Morgan fingerprint density at radius 2 is 1.49 bits per heavy atom. The largest absolute Gasteiger partial charge is 0.497 e. The Hall–Kier alpha value is -4.27. The van der Waals surface area contributed by atoms with Crippen molar-refractivity contribution >= 4 is 23.2 Å². The van der Waals surface area contributed by atoms with Gasteiger partial charge >= 0.3 is 0 Å². The van der Waals surface area contributed by atoms with Crippen LogP contribution in [0.15, 0.2) is 53.6 Å². The Kier molecular flexibility index (Phi) is 6.29. The zero-order valence-corrected chi connectivity index (χ0v) is 22.2. The summed E-state index contributed by atoms with van der Waals surface area (Å²) in [6.07, 6.45) is 4.78. The van der Waals surface area contributed by atoms with Crippen LogP contribution in [0.25, 0.3) is 0 Å². The average Bonchev–Trinajstić information content (AvgIpc) is 3.60. The molecule has 1 amide bonds. The van der Waals surface area contributed by atoms with Gasteiger partial charge in [0.2, 0.25) is 0 Å². The first-order chi connectivity index (χ1) is 18.9. The second-order valence-corrected chi connectivity index (χ2v) is 10.1. The molecule has 1 fully saturated rings. The lowest BCUT2D eigenvalue weighted by atomic mass is 9.79. The van der Waals surface area contributed by atoms with Crippen molar-refractivity contribution in [3.63, 3.8) is 0 Å². The average molecular weight is 531 g/mol. The summed E-state index contributed by atoms with van der Waals surface area (Å²) in [6.45, 7) is 2.03. The number of ketones is 2. The molecule has 0 aromatic heterocycles. The standard InChI is InChI=1S/C30H30N2O7/c1-36-19-6-7-22(23(14-19)38-3)31-8-10-32(11-9-31)25(33)16-39-24-15-20(37-2)13-21-28(24)30(35)27-18-5-4-17(12-18)26(27)29(21)34/h4-7,13-15,17-18H,8-12,16H2,1-3H3. The molecule has 9 heteroatoms. The fraction of sp³-hybridized carbons (Fsp3) is 0.367. The highest BCUT2D eigenvalue weighted by Crippen LogP contribution is 2.50. The van der Waals surface area contributed by atoms with Gasteiger partial charge in [-0.25, -0.2) is 0 Å². The molecule has 2 unspecified atom stereocenters. The van der Waals surface area contributed by atoms with Crippen LogP contribution in [0.4, 0.5) is 5.69 Å². The minimum atomic E-state index is -0.245. The minimum absolute atomic E-state index is 0.0108. The topological polar surface area (TPSA) is 94.6 Å². The van der Waals surface area contributed by atoms with E-state index in [2.05, 4.69) is 4.90 Å². The van der Waals surface area contributed by atoms with E-state index < -0.39 is 0 Å². The fourth-order valence-corrected chi connectivity index (χ4v) is 6.10. The molecule has 3 aliphatic carbocycles. The third kappa shape index (κ3) is 4.13. The highest BCUT2D eigenvalue weighted by atomic mass is 16.5. The van der Waals surface area contributed by atoms with Crippen LogP contribution in [0, 0.1) is 11.8 Å². The van der Waals surface area contributed by atoms with Crippen LogP contribution in [0.3, 0.4) is 0 Å². The number of rotatable bonds is 7. The molecule has 2 atom stereocenters. The molecule has 2 bridgehead atoms. The monoisotopic (exact) mass is 530 g/mol. The van der Waals surface area contributed by atoms with Crippen molar-refractivity contribution in [3.05, 3.63) is 64.8 Å². The molecule has 6 rings (SSSR count). The molecule has 9 nitrogen and oxygen atoms in total. The molecule has 2 aromatic rings. The van der Waals surface area contributed by atoms with Crippen LogP contribution < -0.4 is 23.8 Å². The second-order valence-electron chi connectivity index (χ2n) is 10.1. The van der Waals surface area contributed by atoms with E-state index in [1.165, 1.54) is 7.11 Å². The van der Waals surface area contributed by atoms with E-state index in [9.17, 15) is 14.4 Å². The molecule has 1 aliphatic heterocycles.